The lowest BCUT2D eigenvalue weighted by Gasteiger charge is -2.18. The lowest BCUT2D eigenvalue weighted by atomic mass is 9.88. The minimum atomic E-state index is -0.151. The molecule has 3 heterocycles. The first kappa shape index (κ1) is 18.1. The van der Waals surface area contributed by atoms with Crippen molar-refractivity contribution < 1.29 is 4.79 Å². The summed E-state index contributed by atoms with van der Waals surface area (Å²) in [6.45, 7) is 0.543. The first-order valence-corrected chi connectivity index (χ1v) is 9.58. The summed E-state index contributed by atoms with van der Waals surface area (Å²) in [7, 11) is 0. The molecule has 0 radical (unpaired) electrons. The summed E-state index contributed by atoms with van der Waals surface area (Å²) >= 11 is 0. The SMILES string of the molecule is O=C(NCCc1ccncc1)c1cncc(-c2c[nH]c(=O)c3c2CCCC3)c1. The van der Waals surface area contributed by atoms with Gasteiger partial charge in [-0.3, -0.25) is 19.6 Å². The third-order valence-corrected chi connectivity index (χ3v) is 5.17. The standard InChI is InChI=1S/C22H22N4O2/c27-21(25-10-7-15-5-8-23-9-6-15)17-11-16(12-24-13-17)20-14-26-22(28)19-4-2-1-3-18(19)20/h5-6,8-9,11-14H,1-4,7,10H2,(H,25,27)(H,26,28). The summed E-state index contributed by atoms with van der Waals surface area (Å²) in [5.41, 5.74) is 5.42. The summed E-state index contributed by atoms with van der Waals surface area (Å²) in [4.78, 5) is 35.7. The Hall–Kier alpha value is -3.28. The van der Waals surface area contributed by atoms with Crippen LogP contribution in [-0.2, 0) is 19.3 Å². The van der Waals surface area contributed by atoms with Crippen molar-refractivity contribution >= 4 is 5.91 Å². The fraction of sp³-hybridized carbons (Fsp3) is 0.273. The Labute approximate surface area is 163 Å². The molecule has 2 N–H and O–H groups in total. The third-order valence-electron chi connectivity index (χ3n) is 5.17. The number of pyridine rings is 3. The predicted molar refractivity (Wildman–Crippen MR) is 107 cm³/mol. The molecule has 0 aliphatic heterocycles. The van der Waals surface area contributed by atoms with Crippen molar-refractivity contribution in [2.24, 2.45) is 0 Å². The van der Waals surface area contributed by atoms with Gasteiger partial charge in [0.25, 0.3) is 11.5 Å². The second-order valence-electron chi connectivity index (χ2n) is 7.02. The second kappa shape index (κ2) is 8.17. The molecule has 6 nitrogen and oxygen atoms in total. The Bertz CT molecular complexity index is 1040. The van der Waals surface area contributed by atoms with Crippen LogP contribution >= 0.6 is 0 Å². The Balaban J connectivity index is 1.52. The molecule has 0 spiro atoms. The third kappa shape index (κ3) is 3.86. The number of nitrogens with one attached hydrogen (secondary N) is 2. The summed E-state index contributed by atoms with van der Waals surface area (Å²) in [6.07, 6.45) is 13.1. The maximum absolute atomic E-state index is 12.5. The van der Waals surface area contributed by atoms with Gasteiger partial charge in [0, 0.05) is 54.2 Å². The van der Waals surface area contributed by atoms with E-state index in [0.29, 0.717) is 12.1 Å². The van der Waals surface area contributed by atoms with Crippen molar-refractivity contribution in [2.75, 3.05) is 6.54 Å². The van der Waals surface area contributed by atoms with E-state index in [1.807, 2.05) is 18.2 Å². The Morgan fingerprint density at radius 3 is 2.68 bits per heavy atom. The molecular formula is C22H22N4O2. The zero-order valence-corrected chi connectivity index (χ0v) is 15.6. The predicted octanol–water partition coefficient (Wildman–Crippen LogP) is 2.68. The van der Waals surface area contributed by atoms with Crippen molar-refractivity contribution in [3.05, 3.63) is 81.8 Å². The molecule has 0 atom stereocenters. The molecule has 0 unspecified atom stereocenters. The van der Waals surface area contributed by atoms with Crippen LogP contribution < -0.4 is 10.9 Å². The molecule has 4 rings (SSSR count). The average molecular weight is 374 g/mol. The molecular weight excluding hydrogens is 352 g/mol. The van der Waals surface area contributed by atoms with Crippen LogP contribution in [0, 0.1) is 0 Å². The molecule has 0 saturated carbocycles. The van der Waals surface area contributed by atoms with Gasteiger partial charge in [0.2, 0.25) is 0 Å². The van der Waals surface area contributed by atoms with Gasteiger partial charge in [-0.15, -0.1) is 0 Å². The molecule has 0 bridgehead atoms. The van der Waals surface area contributed by atoms with Gasteiger partial charge in [-0.1, -0.05) is 0 Å². The maximum Gasteiger partial charge on any atom is 0.252 e. The Kier molecular flexibility index (Phi) is 5.28. The van der Waals surface area contributed by atoms with Crippen LogP contribution in [0.3, 0.4) is 0 Å². The minimum absolute atomic E-state index is 0.00332. The van der Waals surface area contributed by atoms with E-state index in [4.69, 9.17) is 0 Å². The van der Waals surface area contributed by atoms with Gasteiger partial charge in [0.05, 0.1) is 5.56 Å². The number of hydrogen-bond acceptors (Lipinski definition) is 4. The Morgan fingerprint density at radius 2 is 1.86 bits per heavy atom. The number of carbonyl (C=O) groups is 1. The van der Waals surface area contributed by atoms with E-state index in [-0.39, 0.29) is 11.5 Å². The van der Waals surface area contributed by atoms with Gasteiger partial charge in [-0.2, -0.15) is 0 Å². The fourth-order valence-electron chi connectivity index (χ4n) is 3.71. The van der Waals surface area contributed by atoms with Crippen molar-refractivity contribution in [1.29, 1.82) is 0 Å². The first-order valence-electron chi connectivity index (χ1n) is 9.58. The zero-order chi connectivity index (χ0) is 19.3. The van der Waals surface area contributed by atoms with E-state index < -0.39 is 0 Å². The summed E-state index contributed by atoms with van der Waals surface area (Å²) in [5.74, 6) is -0.151. The van der Waals surface area contributed by atoms with Crippen LogP contribution in [-0.4, -0.2) is 27.4 Å². The first-order chi connectivity index (χ1) is 13.7. The van der Waals surface area contributed by atoms with Gasteiger partial charge in [0.1, 0.15) is 0 Å². The highest BCUT2D eigenvalue weighted by molar-refractivity contribution is 5.95. The largest absolute Gasteiger partial charge is 0.352 e. The summed E-state index contributed by atoms with van der Waals surface area (Å²) in [5, 5.41) is 2.94. The van der Waals surface area contributed by atoms with E-state index >= 15 is 0 Å². The van der Waals surface area contributed by atoms with Gasteiger partial charge >= 0.3 is 0 Å². The van der Waals surface area contributed by atoms with Crippen LogP contribution in [0.15, 0.2) is 54.0 Å². The maximum atomic E-state index is 12.5. The highest BCUT2D eigenvalue weighted by Gasteiger charge is 2.18. The van der Waals surface area contributed by atoms with Gasteiger partial charge in [0.15, 0.2) is 0 Å². The van der Waals surface area contributed by atoms with E-state index in [1.54, 1.807) is 31.0 Å². The molecule has 3 aromatic heterocycles. The summed E-state index contributed by atoms with van der Waals surface area (Å²) in [6, 6.07) is 5.72. The second-order valence-corrected chi connectivity index (χ2v) is 7.02. The molecule has 0 fully saturated rings. The van der Waals surface area contributed by atoms with Crippen molar-refractivity contribution in [2.45, 2.75) is 32.1 Å². The number of H-pyrrole nitrogens is 1. The number of aromatic nitrogens is 3. The molecule has 1 aliphatic rings. The number of carbonyl (C=O) groups excluding carboxylic acids is 1. The minimum Gasteiger partial charge on any atom is -0.352 e. The van der Waals surface area contributed by atoms with Crippen molar-refractivity contribution in [3.63, 3.8) is 0 Å². The van der Waals surface area contributed by atoms with Gasteiger partial charge in [-0.05, 0) is 61.4 Å². The summed E-state index contributed by atoms with van der Waals surface area (Å²) < 4.78 is 0. The highest BCUT2D eigenvalue weighted by atomic mass is 16.1. The van der Waals surface area contributed by atoms with E-state index in [9.17, 15) is 9.59 Å². The average Bonchev–Trinajstić information content (AvgIpc) is 2.75. The monoisotopic (exact) mass is 374 g/mol. The fourth-order valence-corrected chi connectivity index (χ4v) is 3.71. The van der Waals surface area contributed by atoms with Gasteiger partial charge in [-0.25, -0.2) is 0 Å². The molecule has 28 heavy (non-hydrogen) atoms. The van der Waals surface area contributed by atoms with E-state index in [0.717, 1.165) is 59.9 Å². The van der Waals surface area contributed by atoms with Gasteiger partial charge < -0.3 is 10.3 Å². The van der Waals surface area contributed by atoms with Crippen LogP contribution in [0.1, 0.15) is 39.9 Å². The van der Waals surface area contributed by atoms with Crippen LogP contribution in [0.4, 0.5) is 0 Å². The molecule has 1 amide bonds. The zero-order valence-electron chi connectivity index (χ0n) is 15.6. The molecule has 1 aliphatic carbocycles. The van der Waals surface area contributed by atoms with Crippen LogP contribution in [0.25, 0.3) is 11.1 Å². The topological polar surface area (TPSA) is 87.7 Å². The lowest BCUT2D eigenvalue weighted by molar-refractivity contribution is 0.0954. The van der Waals surface area contributed by atoms with Crippen molar-refractivity contribution in [3.8, 4) is 11.1 Å². The number of rotatable bonds is 5. The lowest BCUT2D eigenvalue weighted by Crippen LogP contribution is -2.26. The van der Waals surface area contributed by atoms with Crippen LogP contribution in [0.5, 0.6) is 0 Å². The molecule has 3 aromatic rings. The molecule has 0 aromatic carbocycles. The molecule has 6 heteroatoms. The quantitative estimate of drug-likeness (QED) is 0.719. The molecule has 142 valence electrons. The number of fused-ring (bicyclic) bond motifs is 1. The van der Waals surface area contributed by atoms with E-state index in [2.05, 4.69) is 20.3 Å². The number of nitrogens with zero attached hydrogens (tertiary/aromatic N) is 2. The molecule has 0 saturated heterocycles. The van der Waals surface area contributed by atoms with Crippen molar-refractivity contribution in [1.82, 2.24) is 20.3 Å². The van der Waals surface area contributed by atoms with E-state index in [1.165, 1.54) is 0 Å². The normalized spacial score (nSPS) is 13.0. The highest BCUT2D eigenvalue weighted by Crippen LogP contribution is 2.29. The smallest absolute Gasteiger partial charge is 0.252 e. The number of aromatic amines is 1. The van der Waals surface area contributed by atoms with Crippen LogP contribution in [0.2, 0.25) is 0 Å². The Morgan fingerprint density at radius 1 is 1.07 bits per heavy atom. The number of hydrogen-bond donors (Lipinski definition) is 2. The number of amides is 1.